The highest BCUT2D eigenvalue weighted by Crippen LogP contribution is 2.40. The minimum absolute atomic E-state index is 0.573. The van der Waals surface area contributed by atoms with Crippen LogP contribution in [-0.2, 0) is 0 Å². The lowest BCUT2D eigenvalue weighted by Gasteiger charge is -2.14. The molecule has 0 unspecified atom stereocenters. The Hall–Kier alpha value is -6.39. The van der Waals surface area contributed by atoms with Crippen molar-refractivity contribution in [1.82, 2.24) is 15.0 Å². The van der Waals surface area contributed by atoms with E-state index in [0.29, 0.717) is 17.5 Å². The molecule has 4 heteroatoms. The molecule has 0 amide bonds. The van der Waals surface area contributed by atoms with Gasteiger partial charge in [0.1, 0.15) is 11.2 Å². The maximum Gasteiger partial charge on any atom is 0.167 e. The van der Waals surface area contributed by atoms with Crippen molar-refractivity contribution in [3.63, 3.8) is 0 Å². The number of nitrogens with zero attached hydrogens (tertiary/aromatic N) is 3. The Balaban J connectivity index is 1.32. The lowest BCUT2D eigenvalue weighted by atomic mass is 9.92. The largest absolute Gasteiger partial charge is 0.455 e. The first-order valence-corrected chi connectivity index (χ1v) is 15.8. The van der Waals surface area contributed by atoms with Gasteiger partial charge in [0.25, 0.3) is 0 Å². The molecule has 2 heterocycles. The maximum atomic E-state index is 6.47. The molecule has 10 rings (SSSR count). The van der Waals surface area contributed by atoms with Crippen molar-refractivity contribution in [2.75, 3.05) is 0 Å². The minimum atomic E-state index is 0.573. The first-order chi connectivity index (χ1) is 23.3. The molecule has 0 bridgehead atoms. The fourth-order valence-electron chi connectivity index (χ4n) is 7.06. The number of benzene rings is 8. The summed E-state index contributed by atoms with van der Waals surface area (Å²) in [6.07, 6.45) is 0. The number of hydrogen-bond acceptors (Lipinski definition) is 4. The molecule has 0 atom stereocenters. The summed E-state index contributed by atoms with van der Waals surface area (Å²) < 4.78 is 6.47. The van der Waals surface area contributed by atoms with Crippen LogP contribution in [0.25, 0.3) is 99.2 Å². The average Bonchev–Trinajstić information content (AvgIpc) is 3.53. The van der Waals surface area contributed by atoms with Crippen molar-refractivity contribution < 1.29 is 4.42 Å². The minimum Gasteiger partial charge on any atom is -0.455 e. The van der Waals surface area contributed by atoms with Gasteiger partial charge in [-0.3, -0.25) is 0 Å². The standard InChI is InChI=1S/C43H25N3O/c1-2-12-28-24-30(21-20-26(28)10-1)41-44-42(36-18-9-17-35-33-16-7-8-19-38(33)47-40(35)36)46-43(45-41)37-25-29-13-4-5-14-31(29)34-23-22-27-11-3-6-15-32(27)39(34)37/h1-25H. The van der Waals surface area contributed by atoms with Crippen LogP contribution >= 0.6 is 0 Å². The monoisotopic (exact) mass is 599 g/mol. The molecule has 0 saturated heterocycles. The van der Waals surface area contributed by atoms with E-state index in [1.807, 2.05) is 24.3 Å². The van der Waals surface area contributed by atoms with Crippen LogP contribution in [0.2, 0.25) is 0 Å². The van der Waals surface area contributed by atoms with E-state index in [9.17, 15) is 0 Å². The van der Waals surface area contributed by atoms with E-state index in [1.54, 1.807) is 0 Å². The molecule has 0 aliphatic carbocycles. The zero-order valence-corrected chi connectivity index (χ0v) is 25.2. The zero-order valence-electron chi connectivity index (χ0n) is 25.2. The third-order valence-electron chi connectivity index (χ3n) is 9.28. The normalized spacial score (nSPS) is 11.8. The summed E-state index contributed by atoms with van der Waals surface area (Å²) in [4.78, 5) is 15.7. The summed E-state index contributed by atoms with van der Waals surface area (Å²) in [6, 6.07) is 52.8. The number of hydrogen-bond donors (Lipinski definition) is 0. The Kier molecular flexibility index (Phi) is 5.54. The molecule has 0 aliphatic rings. The number of aromatic nitrogens is 3. The van der Waals surface area contributed by atoms with Gasteiger partial charge >= 0.3 is 0 Å². The van der Waals surface area contributed by atoms with Gasteiger partial charge in [-0.25, -0.2) is 15.0 Å². The Morgan fingerprint density at radius 3 is 1.87 bits per heavy atom. The van der Waals surface area contributed by atoms with Crippen molar-refractivity contribution in [1.29, 1.82) is 0 Å². The topological polar surface area (TPSA) is 51.8 Å². The van der Waals surface area contributed by atoms with Gasteiger partial charge in [0.15, 0.2) is 17.5 Å². The van der Waals surface area contributed by atoms with Crippen LogP contribution in [-0.4, -0.2) is 15.0 Å². The first kappa shape index (κ1) is 25.9. The van der Waals surface area contributed by atoms with Crippen LogP contribution in [0, 0.1) is 0 Å². The second-order valence-electron chi connectivity index (χ2n) is 12.0. The average molecular weight is 600 g/mol. The molecular weight excluding hydrogens is 574 g/mol. The summed E-state index contributed by atoms with van der Waals surface area (Å²) in [7, 11) is 0. The number of rotatable bonds is 3. The lowest BCUT2D eigenvalue weighted by Crippen LogP contribution is -2.01. The molecule has 0 N–H and O–H groups in total. The Labute approximate surface area is 269 Å². The molecule has 2 aromatic heterocycles. The van der Waals surface area contributed by atoms with Crippen molar-refractivity contribution in [3.8, 4) is 34.2 Å². The molecule has 218 valence electrons. The summed E-state index contributed by atoms with van der Waals surface area (Å²) in [6.45, 7) is 0. The predicted molar refractivity (Wildman–Crippen MR) is 193 cm³/mol. The molecule has 0 aliphatic heterocycles. The van der Waals surface area contributed by atoms with Gasteiger partial charge in [-0.2, -0.15) is 0 Å². The summed E-state index contributed by atoms with van der Waals surface area (Å²) >= 11 is 0. The molecule has 10 aromatic rings. The van der Waals surface area contributed by atoms with Crippen LogP contribution in [0.15, 0.2) is 156 Å². The van der Waals surface area contributed by atoms with Crippen molar-refractivity contribution >= 4 is 65.0 Å². The Bertz CT molecular complexity index is 2870. The van der Waals surface area contributed by atoms with Gasteiger partial charge in [0.2, 0.25) is 0 Å². The second-order valence-corrected chi connectivity index (χ2v) is 12.0. The smallest absolute Gasteiger partial charge is 0.167 e. The van der Waals surface area contributed by atoms with Crippen LogP contribution in [0.3, 0.4) is 0 Å². The van der Waals surface area contributed by atoms with Gasteiger partial charge in [-0.1, -0.05) is 127 Å². The fraction of sp³-hybridized carbons (Fsp3) is 0. The summed E-state index contributed by atoms with van der Waals surface area (Å²) in [5.74, 6) is 1.81. The van der Waals surface area contributed by atoms with Gasteiger partial charge in [0, 0.05) is 27.3 Å². The zero-order chi connectivity index (χ0) is 30.9. The molecule has 4 nitrogen and oxygen atoms in total. The van der Waals surface area contributed by atoms with Crippen LogP contribution in [0.1, 0.15) is 0 Å². The molecule has 0 fully saturated rings. The highest BCUT2D eigenvalue weighted by Gasteiger charge is 2.20. The third-order valence-corrected chi connectivity index (χ3v) is 9.28. The highest BCUT2D eigenvalue weighted by atomic mass is 16.3. The Morgan fingerprint density at radius 1 is 0.362 bits per heavy atom. The van der Waals surface area contributed by atoms with Gasteiger partial charge in [-0.15, -0.1) is 0 Å². The van der Waals surface area contributed by atoms with E-state index in [1.165, 1.54) is 26.9 Å². The van der Waals surface area contributed by atoms with Crippen LogP contribution < -0.4 is 0 Å². The fourth-order valence-corrected chi connectivity index (χ4v) is 7.06. The van der Waals surface area contributed by atoms with Crippen LogP contribution in [0.4, 0.5) is 0 Å². The van der Waals surface area contributed by atoms with Crippen LogP contribution in [0.5, 0.6) is 0 Å². The molecule has 0 saturated carbocycles. The van der Waals surface area contributed by atoms with E-state index >= 15 is 0 Å². The van der Waals surface area contributed by atoms with E-state index in [2.05, 4.69) is 127 Å². The van der Waals surface area contributed by atoms with E-state index in [0.717, 1.165) is 54.8 Å². The van der Waals surface area contributed by atoms with Crippen molar-refractivity contribution in [3.05, 3.63) is 152 Å². The number of fused-ring (bicyclic) bond motifs is 9. The third kappa shape index (κ3) is 4.05. The second kappa shape index (κ2) is 10.1. The molecule has 0 radical (unpaired) electrons. The quantitative estimate of drug-likeness (QED) is 0.190. The number of furan rings is 1. The maximum absolute atomic E-state index is 6.47. The van der Waals surface area contributed by atoms with E-state index in [-0.39, 0.29) is 0 Å². The van der Waals surface area contributed by atoms with Crippen molar-refractivity contribution in [2.45, 2.75) is 0 Å². The van der Waals surface area contributed by atoms with E-state index < -0.39 is 0 Å². The number of para-hydroxylation sites is 2. The molecule has 0 spiro atoms. The lowest BCUT2D eigenvalue weighted by molar-refractivity contribution is 0.669. The van der Waals surface area contributed by atoms with Crippen molar-refractivity contribution in [2.24, 2.45) is 0 Å². The SMILES string of the molecule is c1ccc2cc(-c3nc(-c4cccc5c4oc4ccccc45)nc(-c4cc5ccccc5c5ccc6ccccc6c45)n3)ccc2c1. The Morgan fingerprint density at radius 2 is 1.00 bits per heavy atom. The molecule has 8 aromatic carbocycles. The predicted octanol–water partition coefficient (Wildman–Crippen LogP) is 11.4. The van der Waals surface area contributed by atoms with Gasteiger partial charge in [0.05, 0.1) is 5.56 Å². The molecule has 47 heavy (non-hydrogen) atoms. The first-order valence-electron chi connectivity index (χ1n) is 15.8. The highest BCUT2D eigenvalue weighted by molar-refractivity contribution is 6.22. The van der Waals surface area contributed by atoms with E-state index in [4.69, 9.17) is 19.4 Å². The summed E-state index contributed by atoms with van der Waals surface area (Å²) in [5, 5.41) is 11.4. The molecular formula is C43H25N3O. The summed E-state index contributed by atoms with van der Waals surface area (Å²) in [5.41, 5.74) is 4.34. The van der Waals surface area contributed by atoms with Gasteiger partial charge in [-0.05, 0) is 62.0 Å². The van der Waals surface area contributed by atoms with Gasteiger partial charge < -0.3 is 4.42 Å².